The van der Waals surface area contributed by atoms with Crippen LogP contribution in [-0.4, -0.2) is 13.2 Å². The summed E-state index contributed by atoms with van der Waals surface area (Å²) in [5.41, 5.74) is 1.20. The van der Waals surface area contributed by atoms with E-state index in [0.29, 0.717) is 11.8 Å². The minimum absolute atomic E-state index is 0.139. The van der Waals surface area contributed by atoms with Crippen LogP contribution in [0.5, 0.6) is 11.5 Å². The molecule has 4 unspecified atom stereocenters. The van der Waals surface area contributed by atoms with Gasteiger partial charge in [0.05, 0.1) is 18.6 Å². The van der Waals surface area contributed by atoms with E-state index in [4.69, 9.17) is 21.1 Å². The van der Waals surface area contributed by atoms with Crippen LogP contribution in [0.4, 0.5) is 0 Å². The molecular weight excluding hydrogens is 272 g/mol. The van der Waals surface area contributed by atoms with Gasteiger partial charge < -0.3 is 9.47 Å². The second kappa shape index (κ2) is 4.84. The SMILES string of the molecule is CC1COc2ccc(C(Cl)C3C4CCCC43)cc2OC1. The summed E-state index contributed by atoms with van der Waals surface area (Å²) in [4.78, 5) is 0. The van der Waals surface area contributed by atoms with Crippen molar-refractivity contribution in [2.45, 2.75) is 31.6 Å². The molecule has 2 saturated carbocycles. The molecule has 20 heavy (non-hydrogen) atoms. The molecule has 0 spiro atoms. The molecule has 4 rings (SSSR count). The summed E-state index contributed by atoms with van der Waals surface area (Å²) in [6.07, 6.45) is 4.15. The van der Waals surface area contributed by atoms with Crippen molar-refractivity contribution in [3.05, 3.63) is 23.8 Å². The Morgan fingerprint density at radius 3 is 2.55 bits per heavy atom. The van der Waals surface area contributed by atoms with Crippen LogP contribution in [0.2, 0.25) is 0 Å². The smallest absolute Gasteiger partial charge is 0.161 e. The van der Waals surface area contributed by atoms with Gasteiger partial charge in [0.25, 0.3) is 0 Å². The third kappa shape index (κ3) is 2.09. The number of halogens is 1. The van der Waals surface area contributed by atoms with E-state index in [1.165, 1.54) is 24.8 Å². The second-order valence-electron chi connectivity index (χ2n) is 6.67. The first-order chi connectivity index (χ1) is 9.74. The second-order valence-corrected chi connectivity index (χ2v) is 7.14. The number of rotatable bonds is 2. The Balaban J connectivity index is 1.55. The first-order valence-corrected chi connectivity index (χ1v) is 8.21. The Hall–Kier alpha value is -0.890. The quantitative estimate of drug-likeness (QED) is 0.751. The maximum atomic E-state index is 6.72. The van der Waals surface area contributed by atoms with E-state index >= 15 is 0 Å². The van der Waals surface area contributed by atoms with E-state index in [1.807, 2.05) is 6.07 Å². The molecule has 0 N–H and O–H groups in total. The highest BCUT2D eigenvalue weighted by atomic mass is 35.5. The van der Waals surface area contributed by atoms with E-state index in [1.54, 1.807) is 0 Å². The van der Waals surface area contributed by atoms with Crippen molar-refractivity contribution in [2.75, 3.05) is 13.2 Å². The zero-order valence-corrected chi connectivity index (χ0v) is 12.6. The fraction of sp³-hybridized carbons (Fsp3) is 0.647. The van der Waals surface area contributed by atoms with Crippen molar-refractivity contribution in [2.24, 2.45) is 23.7 Å². The fourth-order valence-corrected chi connectivity index (χ4v) is 4.48. The largest absolute Gasteiger partial charge is 0.489 e. The lowest BCUT2D eigenvalue weighted by atomic mass is 10.0. The Morgan fingerprint density at radius 1 is 1.10 bits per heavy atom. The zero-order chi connectivity index (χ0) is 13.7. The molecule has 1 heterocycles. The minimum Gasteiger partial charge on any atom is -0.489 e. The normalized spacial score (nSPS) is 36.1. The summed E-state index contributed by atoms with van der Waals surface area (Å²) in [6.45, 7) is 3.59. The van der Waals surface area contributed by atoms with Gasteiger partial charge in [0.15, 0.2) is 11.5 Å². The van der Waals surface area contributed by atoms with Crippen LogP contribution in [-0.2, 0) is 0 Å². The van der Waals surface area contributed by atoms with Crippen molar-refractivity contribution < 1.29 is 9.47 Å². The van der Waals surface area contributed by atoms with Gasteiger partial charge in [0.1, 0.15) is 0 Å². The number of hydrogen-bond donors (Lipinski definition) is 0. The van der Waals surface area contributed by atoms with Gasteiger partial charge in [-0.25, -0.2) is 0 Å². The number of hydrogen-bond acceptors (Lipinski definition) is 2. The molecule has 1 aromatic rings. The summed E-state index contributed by atoms with van der Waals surface area (Å²) in [5.74, 6) is 4.61. The standard InChI is InChI=1S/C17H21ClO2/c1-10-8-19-14-6-5-11(7-15(14)20-9-10)17(18)16-12-3-2-4-13(12)16/h5-7,10,12-13,16-17H,2-4,8-9H2,1H3. The van der Waals surface area contributed by atoms with Gasteiger partial charge in [-0.2, -0.15) is 0 Å². The minimum atomic E-state index is 0.139. The number of ether oxygens (including phenoxy) is 2. The van der Waals surface area contributed by atoms with Crippen LogP contribution >= 0.6 is 11.6 Å². The predicted octanol–water partition coefficient (Wildman–Crippen LogP) is 4.42. The molecule has 4 atom stereocenters. The highest BCUT2D eigenvalue weighted by Gasteiger charge is 2.55. The first-order valence-electron chi connectivity index (χ1n) is 7.77. The van der Waals surface area contributed by atoms with Crippen LogP contribution < -0.4 is 9.47 Å². The van der Waals surface area contributed by atoms with E-state index in [2.05, 4.69) is 19.1 Å². The van der Waals surface area contributed by atoms with Gasteiger partial charge in [-0.15, -0.1) is 11.6 Å². The number of fused-ring (bicyclic) bond motifs is 2. The molecule has 2 nitrogen and oxygen atoms in total. The highest BCUT2D eigenvalue weighted by molar-refractivity contribution is 6.21. The molecule has 0 radical (unpaired) electrons. The molecule has 0 aromatic heterocycles. The number of alkyl halides is 1. The van der Waals surface area contributed by atoms with Gasteiger partial charge in [-0.1, -0.05) is 19.4 Å². The zero-order valence-electron chi connectivity index (χ0n) is 11.8. The lowest BCUT2D eigenvalue weighted by Crippen LogP contribution is -2.12. The topological polar surface area (TPSA) is 18.5 Å². The Bertz CT molecular complexity index is 506. The van der Waals surface area contributed by atoms with Crippen LogP contribution in [0.25, 0.3) is 0 Å². The number of benzene rings is 1. The van der Waals surface area contributed by atoms with Crippen molar-refractivity contribution in [3.8, 4) is 11.5 Å². The highest BCUT2D eigenvalue weighted by Crippen LogP contribution is 2.64. The molecule has 3 heteroatoms. The van der Waals surface area contributed by atoms with Crippen LogP contribution in [0.15, 0.2) is 18.2 Å². The third-order valence-electron chi connectivity index (χ3n) is 5.14. The summed E-state index contributed by atoms with van der Waals surface area (Å²) >= 11 is 6.72. The lowest BCUT2D eigenvalue weighted by molar-refractivity contribution is 0.228. The molecule has 2 fully saturated rings. The first kappa shape index (κ1) is 12.8. The Kier molecular flexibility index (Phi) is 3.10. The van der Waals surface area contributed by atoms with Crippen molar-refractivity contribution >= 4 is 11.6 Å². The van der Waals surface area contributed by atoms with Crippen molar-refractivity contribution in [1.29, 1.82) is 0 Å². The average Bonchev–Trinajstić information content (AvgIpc) is 3.02. The van der Waals surface area contributed by atoms with Gasteiger partial charge in [-0.3, -0.25) is 0 Å². The molecular formula is C17H21ClO2. The van der Waals surface area contributed by atoms with Gasteiger partial charge >= 0.3 is 0 Å². The monoisotopic (exact) mass is 292 g/mol. The van der Waals surface area contributed by atoms with Gasteiger partial charge in [0.2, 0.25) is 0 Å². The van der Waals surface area contributed by atoms with Crippen molar-refractivity contribution in [3.63, 3.8) is 0 Å². The molecule has 0 amide bonds. The van der Waals surface area contributed by atoms with Crippen LogP contribution in [0, 0.1) is 23.7 Å². The summed E-state index contributed by atoms with van der Waals surface area (Å²) in [7, 11) is 0. The molecule has 2 aliphatic carbocycles. The molecule has 3 aliphatic rings. The summed E-state index contributed by atoms with van der Waals surface area (Å²) in [6, 6.07) is 6.24. The maximum Gasteiger partial charge on any atom is 0.161 e. The maximum absolute atomic E-state index is 6.72. The molecule has 1 aromatic carbocycles. The Morgan fingerprint density at radius 2 is 1.80 bits per heavy atom. The summed E-state index contributed by atoms with van der Waals surface area (Å²) < 4.78 is 11.6. The van der Waals surface area contributed by atoms with E-state index in [-0.39, 0.29) is 5.38 Å². The lowest BCUT2D eigenvalue weighted by Gasteiger charge is -2.14. The van der Waals surface area contributed by atoms with E-state index in [9.17, 15) is 0 Å². The van der Waals surface area contributed by atoms with Gasteiger partial charge in [0, 0.05) is 5.92 Å². The van der Waals surface area contributed by atoms with Crippen molar-refractivity contribution in [1.82, 2.24) is 0 Å². The molecule has 108 valence electrons. The third-order valence-corrected chi connectivity index (χ3v) is 5.69. The predicted molar refractivity (Wildman–Crippen MR) is 79.5 cm³/mol. The van der Waals surface area contributed by atoms with Crippen LogP contribution in [0.1, 0.15) is 37.1 Å². The summed E-state index contributed by atoms with van der Waals surface area (Å²) in [5, 5.41) is 0.139. The van der Waals surface area contributed by atoms with Crippen LogP contribution in [0.3, 0.4) is 0 Å². The Labute approximate surface area is 125 Å². The van der Waals surface area contributed by atoms with E-state index < -0.39 is 0 Å². The fourth-order valence-electron chi connectivity index (χ4n) is 3.97. The average molecular weight is 293 g/mol. The molecule has 1 aliphatic heterocycles. The molecule has 0 bridgehead atoms. The van der Waals surface area contributed by atoms with Gasteiger partial charge in [-0.05, 0) is 48.3 Å². The van der Waals surface area contributed by atoms with E-state index in [0.717, 1.165) is 36.5 Å². The molecule has 0 saturated heterocycles.